The molecular formula is C48H93NO8. The topological polar surface area (TPSA) is 111 Å². The van der Waals surface area contributed by atoms with Gasteiger partial charge >= 0.3 is 11.9 Å². The van der Waals surface area contributed by atoms with E-state index in [9.17, 15) is 19.5 Å². The third-order valence-corrected chi connectivity index (χ3v) is 10.9. The van der Waals surface area contributed by atoms with Gasteiger partial charge in [0.25, 0.3) is 0 Å². The first kappa shape index (κ1) is 55.3. The SMILES string of the molecule is CCCCCCCCCCCCCCCCCCCCCCC(=O)OC(COC(=O)CCCCCCCCCCCCCC)COC(OCC[N+](C)(C)C)C(=O)[O-]. The van der Waals surface area contributed by atoms with Gasteiger partial charge in [-0.3, -0.25) is 9.59 Å². The lowest BCUT2D eigenvalue weighted by atomic mass is 10.0. The summed E-state index contributed by atoms with van der Waals surface area (Å²) < 4.78 is 22.6. The zero-order valence-corrected chi connectivity index (χ0v) is 38.2. The van der Waals surface area contributed by atoms with E-state index in [1.54, 1.807) is 0 Å². The Bertz CT molecular complexity index is 907. The number of hydrogen-bond donors (Lipinski definition) is 0. The molecule has 0 fully saturated rings. The monoisotopic (exact) mass is 812 g/mol. The maximum atomic E-state index is 12.8. The van der Waals surface area contributed by atoms with Crippen LogP contribution in [0.5, 0.6) is 0 Å². The lowest BCUT2D eigenvalue weighted by Crippen LogP contribution is -2.44. The number of aliphatic carboxylic acids is 1. The zero-order valence-electron chi connectivity index (χ0n) is 38.2. The minimum absolute atomic E-state index is 0.153. The summed E-state index contributed by atoms with van der Waals surface area (Å²) in [6.45, 7) is 4.78. The van der Waals surface area contributed by atoms with Crippen LogP contribution in [0.25, 0.3) is 0 Å². The number of carbonyl (C=O) groups excluding carboxylic acids is 3. The second-order valence-electron chi connectivity index (χ2n) is 17.8. The maximum Gasteiger partial charge on any atom is 0.306 e. The predicted octanol–water partition coefficient (Wildman–Crippen LogP) is 11.6. The minimum atomic E-state index is -1.61. The van der Waals surface area contributed by atoms with E-state index in [4.69, 9.17) is 18.9 Å². The Balaban J connectivity index is 4.30. The summed E-state index contributed by atoms with van der Waals surface area (Å²) in [7, 11) is 5.92. The number of unbranched alkanes of at least 4 members (excludes halogenated alkanes) is 30. The largest absolute Gasteiger partial charge is 0.545 e. The van der Waals surface area contributed by atoms with Crippen LogP contribution in [0.2, 0.25) is 0 Å². The van der Waals surface area contributed by atoms with E-state index in [-0.39, 0.29) is 32.2 Å². The molecule has 2 unspecified atom stereocenters. The van der Waals surface area contributed by atoms with Crippen molar-refractivity contribution in [1.82, 2.24) is 0 Å². The Morgan fingerprint density at radius 1 is 0.456 bits per heavy atom. The Morgan fingerprint density at radius 3 is 1.12 bits per heavy atom. The van der Waals surface area contributed by atoms with Crippen molar-refractivity contribution >= 4 is 17.9 Å². The molecule has 0 spiro atoms. The van der Waals surface area contributed by atoms with Crippen LogP contribution in [0.1, 0.15) is 232 Å². The molecule has 0 aromatic carbocycles. The molecule has 0 rings (SSSR count). The molecule has 0 saturated carbocycles. The van der Waals surface area contributed by atoms with Gasteiger partial charge < -0.3 is 33.3 Å². The van der Waals surface area contributed by atoms with Crippen LogP contribution in [-0.4, -0.2) is 82.3 Å². The highest BCUT2D eigenvalue weighted by molar-refractivity contribution is 5.70. The van der Waals surface area contributed by atoms with Crippen LogP contribution in [0.15, 0.2) is 0 Å². The lowest BCUT2D eigenvalue weighted by molar-refractivity contribution is -0.870. The molecule has 338 valence electrons. The first-order valence-electron chi connectivity index (χ1n) is 24.2. The van der Waals surface area contributed by atoms with Crippen molar-refractivity contribution in [3.05, 3.63) is 0 Å². The Morgan fingerprint density at radius 2 is 0.789 bits per heavy atom. The number of rotatable bonds is 45. The Hall–Kier alpha value is -1.71. The average Bonchev–Trinajstić information content (AvgIpc) is 3.17. The summed E-state index contributed by atoms with van der Waals surface area (Å²) in [5, 5.41) is 11.7. The number of esters is 2. The van der Waals surface area contributed by atoms with E-state index < -0.39 is 24.3 Å². The van der Waals surface area contributed by atoms with Gasteiger partial charge in [-0.2, -0.15) is 0 Å². The molecule has 0 bridgehead atoms. The molecule has 9 nitrogen and oxygen atoms in total. The predicted molar refractivity (Wildman–Crippen MR) is 233 cm³/mol. The standard InChI is InChI=1S/C48H93NO8/c1-6-8-10-12-14-16-18-20-21-22-23-24-25-26-27-29-31-33-35-37-39-46(51)57-44(43-56-48(47(52)53)54-41-40-49(3,4)5)42-55-45(50)38-36-34-32-30-28-19-17-15-13-11-9-7-2/h44,48H,6-43H2,1-5H3. The third kappa shape index (κ3) is 42.2. The molecule has 0 aliphatic heterocycles. The molecule has 2 atom stereocenters. The number of hydrogen-bond acceptors (Lipinski definition) is 8. The summed E-state index contributed by atoms with van der Waals surface area (Å²) >= 11 is 0. The molecule has 0 amide bonds. The number of carbonyl (C=O) groups is 3. The van der Waals surface area contributed by atoms with Gasteiger partial charge in [0, 0.05) is 12.8 Å². The first-order chi connectivity index (χ1) is 27.6. The second kappa shape index (κ2) is 41.0. The van der Waals surface area contributed by atoms with Crippen LogP contribution >= 0.6 is 0 Å². The Labute approximate surface area is 352 Å². The van der Waals surface area contributed by atoms with Crippen molar-refractivity contribution in [3.63, 3.8) is 0 Å². The molecule has 0 aromatic rings. The number of carboxylic acid groups (broad SMARTS) is 1. The number of likely N-dealkylation sites (N-methyl/N-ethyl adjacent to an activating group) is 1. The zero-order chi connectivity index (χ0) is 42.1. The summed E-state index contributed by atoms with van der Waals surface area (Å²) in [6.07, 6.45) is 38.5. The molecule has 0 N–H and O–H groups in total. The average molecular weight is 812 g/mol. The fourth-order valence-corrected chi connectivity index (χ4v) is 7.07. The van der Waals surface area contributed by atoms with Gasteiger partial charge in [0.15, 0.2) is 12.4 Å². The summed E-state index contributed by atoms with van der Waals surface area (Å²) in [5.74, 6) is -2.26. The van der Waals surface area contributed by atoms with Crippen LogP contribution in [-0.2, 0) is 33.3 Å². The molecular weight excluding hydrogens is 719 g/mol. The quantitative estimate of drug-likeness (QED) is 0.0259. The van der Waals surface area contributed by atoms with E-state index in [1.807, 2.05) is 21.1 Å². The lowest BCUT2D eigenvalue weighted by Gasteiger charge is -2.26. The molecule has 9 heteroatoms. The van der Waals surface area contributed by atoms with Crippen LogP contribution in [0.4, 0.5) is 0 Å². The molecule has 0 radical (unpaired) electrons. The highest BCUT2D eigenvalue weighted by atomic mass is 16.7. The fourth-order valence-electron chi connectivity index (χ4n) is 7.07. The van der Waals surface area contributed by atoms with Gasteiger partial charge in [-0.15, -0.1) is 0 Å². The highest BCUT2D eigenvalue weighted by Gasteiger charge is 2.22. The van der Waals surface area contributed by atoms with Crippen LogP contribution in [0, 0.1) is 0 Å². The van der Waals surface area contributed by atoms with Gasteiger partial charge in [0.2, 0.25) is 0 Å². The van der Waals surface area contributed by atoms with Crippen LogP contribution in [0.3, 0.4) is 0 Å². The van der Waals surface area contributed by atoms with E-state index in [0.29, 0.717) is 17.4 Å². The molecule has 57 heavy (non-hydrogen) atoms. The van der Waals surface area contributed by atoms with E-state index >= 15 is 0 Å². The minimum Gasteiger partial charge on any atom is -0.545 e. The summed E-state index contributed by atoms with van der Waals surface area (Å²) in [5.41, 5.74) is 0. The normalized spacial score (nSPS) is 12.8. The van der Waals surface area contributed by atoms with Gasteiger partial charge in [0.05, 0.1) is 40.3 Å². The van der Waals surface area contributed by atoms with E-state index in [2.05, 4.69) is 13.8 Å². The smallest absolute Gasteiger partial charge is 0.306 e. The van der Waals surface area contributed by atoms with Crippen molar-refractivity contribution < 1.29 is 42.9 Å². The number of nitrogens with zero attached hydrogens (tertiary/aromatic N) is 1. The Kier molecular flexibility index (Phi) is 39.8. The van der Waals surface area contributed by atoms with Crippen molar-refractivity contribution in [2.75, 3.05) is 47.5 Å². The van der Waals surface area contributed by atoms with Crippen molar-refractivity contribution in [2.24, 2.45) is 0 Å². The number of quaternary nitrogens is 1. The van der Waals surface area contributed by atoms with Gasteiger partial charge in [0.1, 0.15) is 13.2 Å². The molecule has 0 aliphatic carbocycles. The third-order valence-electron chi connectivity index (χ3n) is 10.9. The van der Waals surface area contributed by atoms with Crippen molar-refractivity contribution in [3.8, 4) is 0 Å². The van der Waals surface area contributed by atoms with Gasteiger partial charge in [-0.25, -0.2) is 0 Å². The van der Waals surface area contributed by atoms with Gasteiger partial charge in [-0.1, -0.05) is 206 Å². The molecule has 0 aliphatic rings. The van der Waals surface area contributed by atoms with Crippen molar-refractivity contribution in [1.29, 1.82) is 0 Å². The first-order valence-corrected chi connectivity index (χ1v) is 24.2. The fraction of sp³-hybridized carbons (Fsp3) is 0.938. The number of carboxylic acids is 1. The van der Waals surface area contributed by atoms with Crippen molar-refractivity contribution in [2.45, 2.75) is 245 Å². The van der Waals surface area contributed by atoms with E-state index in [1.165, 1.54) is 167 Å². The molecule has 0 aromatic heterocycles. The van der Waals surface area contributed by atoms with Crippen LogP contribution < -0.4 is 5.11 Å². The van der Waals surface area contributed by atoms with Gasteiger partial charge in [-0.05, 0) is 12.8 Å². The summed E-state index contributed by atoms with van der Waals surface area (Å²) in [4.78, 5) is 37.0. The number of ether oxygens (including phenoxy) is 4. The highest BCUT2D eigenvalue weighted by Crippen LogP contribution is 2.16. The maximum absolute atomic E-state index is 12.8. The summed E-state index contributed by atoms with van der Waals surface area (Å²) in [6, 6.07) is 0. The molecule has 0 heterocycles. The second-order valence-corrected chi connectivity index (χ2v) is 17.8. The van der Waals surface area contributed by atoms with E-state index in [0.717, 1.165) is 38.5 Å². The molecule has 0 saturated heterocycles.